The molecule has 0 saturated carbocycles. The minimum absolute atomic E-state index is 0.465. The number of aromatic amines is 1. The Hall–Kier alpha value is -2.83. The number of hydrogen-bond acceptors (Lipinski definition) is 6. The normalized spacial score (nSPS) is 10.7. The van der Waals surface area contributed by atoms with E-state index in [1.54, 1.807) is 25.4 Å². The first-order valence-electron chi connectivity index (χ1n) is 6.07. The molecule has 102 valence electrons. The highest BCUT2D eigenvalue weighted by Crippen LogP contribution is 2.22. The maximum Gasteiger partial charge on any atom is 0.417 e. The molecule has 0 amide bonds. The molecule has 7 nitrogen and oxygen atoms in total. The minimum atomic E-state index is -0.465. The number of nitrogens with one attached hydrogen (secondary N) is 3. The SMILES string of the molecule is CNc1ncc(C)c(Nc2ccc3oc(=O)[nH]c3c2)n1. The van der Waals surface area contributed by atoms with Crippen molar-refractivity contribution in [3.8, 4) is 0 Å². The Labute approximate surface area is 114 Å². The van der Waals surface area contributed by atoms with Gasteiger partial charge in [-0.2, -0.15) is 4.98 Å². The van der Waals surface area contributed by atoms with Crippen molar-refractivity contribution in [2.75, 3.05) is 17.7 Å². The van der Waals surface area contributed by atoms with Gasteiger partial charge in [0.2, 0.25) is 5.95 Å². The first kappa shape index (κ1) is 12.2. The molecule has 3 N–H and O–H groups in total. The molecule has 3 rings (SSSR count). The number of fused-ring (bicyclic) bond motifs is 1. The molecule has 0 unspecified atom stereocenters. The summed E-state index contributed by atoms with van der Waals surface area (Å²) in [4.78, 5) is 22.2. The van der Waals surface area contributed by atoms with Gasteiger partial charge in [0, 0.05) is 24.5 Å². The molecule has 0 aliphatic heterocycles. The van der Waals surface area contributed by atoms with Gasteiger partial charge in [0.15, 0.2) is 5.58 Å². The maximum absolute atomic E-state index is 11.1. The number of rotatable bonds is 3. The highest BCUT2D eigenvalue weighted by molar-refractivity contribution is 5.78. The van der Waals surface area contributed by atoms with Crippen molar-refractivity contribution in [3.05, 3.63) is 40.5 Å². The zero-order valence-electron chi connectivity index (χ0n) is 11.0. The molecule has 1 aromatic carbocycles. The molecule has 0 bridgehead atoms. The van der Waals surface area contributed by atoms with E-state index >= 15 is 0 Å². The van der Waals surface area contributed by atoms with Gasteiger partial charge in [0.1, 0.15) is 5.82 Å². The van der Waals surface area contributed by atoms with Crippen LogP contribution in [0, 0.1) is 6.92 Å². The summed E-state index contributed by atoms with van der Waals surface area (Å²) in [6.07, 6.45) is 1.74. The summed E-state index contributed by atoms with van der Waals surface area (Å²) >= 11 is 0. The summed E-state index contributed by atoms with van der Waals surface area (Å²) in [6, 6.07) is 5.34. The van der Waals surface area contributed by atoms with Gasteiger partial charge >= 0.3 is 5.76 Å². The third kappa shape index (κ3) is 2.20. The Morgan fingerprint density at radius 1 is 1.35 bits per heavy atom. The fourth-order valence-corrected chi connectivity index (χ4v) is 1.86. The van der Waals surface area contributed by atoms with Gasteiger partial charge in [-0.05, 0) is 25.1 Å². The largest absolute Gasteiger partial charge is 0.417 e. The predicted molar refractivity (Wildman–Crippen MR) is 76.4 cm³/mol. The van der Waals surface area contributed by atoms with E-state index in [1.165, 1.54) is 0 Å². The van der Waals surface area contributed by atoms with Crippen molar-refractivity contribution in [2.45, 2.75) is 6.92 Å². The zero-order valence-corrected chi connectivity index (χ0v) is 11.0. The second-order valence-corrected chi connectivity index (χ2v) is 4.33. The average Bonchev–Trinajstić information content (AvgIpc) is 2.80. The van der Waals surface area contributed by atoms with Crippen LogP contribution in [0.4, 0.5) is 17.5 Å². The van der Waals surface area contributed by atoms with Crippen LogP contribution in [0.2, 0.25) is 0 Å². The van der Waals surface area contributed by atoms with E-state index in [4.69, 9.17) is 4.42 Å². The van der Waals surface area contributed by atoms with Crippen LogP contribution < -0.4 is 16.4 Å². The molecule has 0 aliphatic carbocycles. The molecule has 0 aliphatic rings. The van der Waals surface area contributed by atoms with Gasteiger partial charge in [0.05, 0.1) is 5.52 Å². The van der Waals surface area contributed by atoms with Gasteiger partial charge < -0.3 is 15.1 Å². The number of H-pyrrole nitrogens is 1. The van der Waals surface area contributed by atoms with Gasteiger partial charge in [0.25, 0.3) is 0 Å². The summed E-state index contributed by atoms with van der Waals surface area (Å²) < 4.78 is 4.96. The van der Waals surface area contributed by atoms with Crippen molar-refractivity contribution in [3.63, 3.8) is 0 Å². The number of hydrogen-bond donors (Lipinski definition) is 3. The van der Waals surface area contributed by atoms with Gasteiger partial charge in [-0.25, -0.2) is 9.78 Å². The maximum atomic E-state index is 11.1. The molecule has 3 aromatic rings. The Morgan fingerprint density at radius 2 is 2.20 bits per heavy atom. The third-order valence-corrected chi connectivity index (χ3v) is 2.88. The second kappa shape index (κ2) is 4.69. The first-order chi connectivity index (χ1) is 9.65. The number of anilines is 3. The second-order valence-electron chi connectivity index (χ2n) is 4.33. The summed E-state index contributed by atoms with van der Waals surface area (Å²) in [5.74, 6) is 0.776. The lowest BCUT2D eigenvalue weighted by Gasteiger charge is -2.09. The Bertz CT molecular complexity index is 821. The van der Waals surface area contributed by atoms with Crippen LogP contribution in [0.25, 0.3) is 11.1 Å². The Kier molecular flexibility index (Phi) is 2.86. The van der Waals surface area contributed by atoms with Crippen molar-refractivity contribution >= 4 is 28.6 Å². The molecule has 0 radical (unpaired) electrons. The molecule has 20 heavy (non-hydrogen) atoms. The van der Waals surface area contributed by atoms with E-state index in [0.29, 0.717) is 22.9 Å². The van der Waals surface area contributed by atoms with E-state index in [9.17, 15) is 4.79 Å². The highest BCUT2D eigenvalue weighted by Gasteiger charge is 2.06. The summed E-state index contributed by atoms with van der Waals surface area (Å²) in [5.41, 5.74) is 2.89. The van der Waals surface area contributed by atoms with Crippen molar-refractivity contribution in [2.24, 2.45) is 0 Å². The fourth-order valence-electron chi connectivity index (χ4n) is 1.86. The molecule has 2 heterocycles. The van der Waals surface area contributed by atoms with Crippen molar-refractivity contribution in [1.82, 2.24) is 15.0 Å². The number of nitrogens with zero attached hydrogens (tertiary/aromatic N) is 2. The van der Waals surface area contributed by atoms with E-state index in [0.717, 1.165) is 11.3 Å². The first-order valence-corrected chi connectivity index (χ1v) is 6.07. The molecule has 7 heteroatoms. The average molecular weight is 271 g/mol. The monoisotopic (exact) mass is 271 g/mol. The zero-order chi connectivity index (χ0) is 14.1. The van der Waals surface area contributed by atoms with Crippen molar-refractivity contribution in [1.29, 1.82) is 0 Å². The topological polar surface area (TPSA) is 95.8 Å². The molecular weight excluding hydrogens is 258 g/mol. The summed E-state index contributed by atoms with van der Waals surface area (Å²) in [5, 5.41) is 6.08. The standard InChI is InChI=1S/C13H13N5O2/c1-7-6-15-12(14-2)18-11(7)16-8-3-4-10-9(5-8)17-13(19)20-10/h3-6H,1-2H3,(H,17,19)(H2,14,15,16,18). The van der Waals surface area contributed by atoms with E-state index < -0.39 is 5.76 Å². The number of benzene rings is 1. The van der Waals surface area contributed by atoms with Gasteiger partial charge in [-0.3, -0.25) is 4.98 Å². The fraction of sp³-hybridized carbons (Fsp3) is 0.154. The number of aromatic nitrogens is 3. The smallest absolute Gasteiger partial charge is 0.408 e. The molecule has 0 fully saturated rings. The van der Waals surface area contributed by atoms with Crippen LogP contribution in [-0.2, 0) is 0 Å². The lowest BCUT2D eigenvalue weighted by atomic mass is 10.2. The van der Waals surface area contributed by atoms with Crippen molar-refractivity contribution < 1.29 is 4.42 Å². The van der Waals surface area contributed by atoms with Crippen LogP contribution >= 0.6 is 0 Å². The van der Waals surface area contributed by atoms with Gasteiger partial charge in [-0.15, -0.1) is 0 Å². The third-order valence-electron chi connectivity index (χ3n) is 2.88. The van der Waals surface area contributed by atoms with E-state index in [-0.39, 0.29) is 0 Å². The highest BCUT2D eigenvalue weighted by atomic mass is 16.4. The van der Waals surface area contributed by atoms with Crippen LogP contribution in [0.3, 0.4) is 0 Å². The Balaban J connectivity index is 1.97. The Morgan fingerprint density at radius 3 is 3.00 bits per heavy atom. The molecule has 0 spiro atoms. The quantitative estimate of drug-likeness (QED) is 0.674. The van der Waals surface area contributed by atoms with Crippen LogP contribution in [0.5, 0.6) is 0 Å². The summed E-state index contributed by atoms with van der Waals surface area (Å²) in [6.45, 7) is 1.92. The summed E-state index contributed by atoms with van der Waals surface area (Å²) in [7, 11) is 1.76. The molecule has 0 atom stereocenters. The molecular formula is C13H13N5O2. The molecule has 2 aromatic heterocycles. The van der Waals surface area contributed by atoms with Crippen LogP contribution in [0.1, 0.15) is 5.56 Å². The van der Waals surface area contributed by atoms with E-state index in [1.807, 2.05) is 13.0 Å². The minimum Gasteiger partial charge on any atom is -0.408 e. The van der Waals surface area contributed by atoms with Gasteiger partial charge in [-0.1, -0.05) is 0 Å². The lowest BCUT2D eigenvalue weighted by Crippen LogP contribution is -2.02. The lowest BCUT2D eigenvalue weighted by molar-refractivity contribution is 0.555. The van der Waals surface area contributed by atoms with Crippen LogP contribution in [0.15, 0.2) is 33.6 Å². The van der Waals surface area contributed by atoms with Crippen LogP contribution in [-0.4, -0.2) is 22.0 Å². The molecule has 0 saturated heterocycles. The number of oxazole rings is 1. The van der Waals surface area contributed by atoms with E-state index in [2.05, 4.69) is 25.6 Å². The number of aryl methyl sites for hydroxylation is 1. The predicted octanol–water partition coefficient (Wildman–Crippen LogP) is 2.00.